The van der Waals surface area contributed by atoms with Gasteiger partial charge in [-0.1, -0.05) is 11.2 Å². The first-order chi connectivity index (χ1) is 7.83. The van der Waals surface area contributed by atoms with E-state index in [0.717, 1.165) is 36.3 Å². The van der Waals surface area contributed by atoms with Crippen molar-refractivity contribution in [3.63, 3.8) is 0 Å². The summed E-state index contributed by atoms with van der Waals surface area (Å²) in [5.74, 6) is 2.65. The Hall–Kier alpha value is -1.09. The standard InChI is InChI=1S/C13H18N2O/c1-9-6-13(16-15-9)11-3-2-10-4-5-14-8-12(10)7-11/h3,6,10,12,14H,2,4-5,7-8H2,1H3/t10-,12+/m0/s1. The quantitative estimate of drug-likeness (QED) is 0.786. The van der Waals surface area contributed by atoms with Crippen molar-refractivity contribution in [3.8, 4) is 0 Å². The second-order valence-electron chi connectivity index (χ2n) is 5.01. The zero-order valence-electron chi connectivity index (χ0n) is 9.70. The summed E-state index contributed by atoms with van der Waals surface area (Å²) in [5, 5.41) is 7.45. The Balaban J connectivity index is 1.80. The molecule has 1 aromatic rings. The zero-order chi connectivity index (χ0) is 11.0. The molecule has 2 heterocycles. The fourth-order valence-corrected chi connectivity index (χ4v) is 2.90. The summed E-state index contributed by atoms with van der Waals surface area (Å²) < 4.78 is 5.34. The van der Waals surface area contributed by atoms with Gasteiger partial charge in [-0.25, -0.2) is 0 Å². The minimum Gasteiger partial charge on any atom is -0.356 e. The highest BCUT2D eigenvalue weighted by Gasteiger charge is 2.29. The molecule has 0 radical (unpaired) electrons. The van der Waals surface area contributed by atoms with Gasteiger partial charge in [-0.05, 0) is 56.7 Å². The van der Waals surface area contributed by atoms with Crippen LogP contribution in [0, 0.1) is 18.8 Å². The molecule has 1 fully saturated rings. The van der Waals surface area contributed by atoms with Gasteiger partial charge >= 0.3 is 0 Å². The number of aryl methyl sites for hydroxylation is 1. The number of fused-ring (bicyclic) bond motifs is 1. The molecule has 0 amide bonds. The van der Waals surface area contributed by atoms with E-state index >= 15 is 0 Å². The van der Waals surface area contributed by atoms with E-state index in [1.54, 1.807) is 0 Å². The monoisotopic (exact) mass is 218 g/mol. The highest BCUT2D eigenvalue weighted by atomic mass is 16.5. The molecule has 3 nitrogen and oxygen atoms in total. The molecule has 0 aromatic carbocycles. The first kappa shape index (κ1) is 10.1. The number of nitrogens with one attached hydrogen (secondary N) is 1. The predicted octanol–water partition coefficient (Wildman–Crippen LogP) is 2.39. The number of allylic oxidation sites excluding steroid dienone is 2. The highest BCUT2D eigenvalue weighted by molar-refractivity contribution is 5.62. The number of nitrogens with zero attached hydrogens (tertiary/aromatic N) is 1. The summed E-state index contributed by atoms with van der Waals surface area (Å²) in [6.45, 7) is 4.32. The van der Waals surface area contributed by atoms with Gasteiger partial charge in [-0.15, -0.1) is 0 Å². The van der Waals surface area contributed by atoms with Crippen molar-refractivity contribution in [2.75, 3.05) is 13.1 Å². The Labute approximate surface area is 95.9 Å². The first-order valence-corrected chi connectivity index (χ1v) is 6.16. The van der Waals surface area contributed by atoms with Crippen molar-refractivity contribution in [1.29, 1.82) is 0 Å². The van der Waals surface area contributed by atoms with E-state index in [1.165, 1.54) is 25.0 Å². The normalized spacial score (nSPS) is 29.7. The van der Waals surface area contributed by atoms with E-state index < -0.39 is 0 Å². The summed E-state index contributed by atoms with van der Waals surface area (Å²) in [6.07, 6.45) is 6.03. The average molecular weight is 218 g/mol. The molecule has 3 rings (SSSR count). The van der Waals surface area contributed by atoms with Gasteiger partial charge in [0.2, 0.25) is 0 Å². The van der Waals surface area contributed by atoms with E-state index in [1.807, 2.05) is 13.0 Å². The zero-order valence-corrected chi connectivity index (χ0v) is 9.70. The van der Waals surface area contributed by atoms with Crippen LogP contribution in [-0.2, 0) is 0 Å². The van der Waals surface area contributed by atoms with Gasteiger partial charge in [0.15, 0.2) is 5.76 Å². The third-order valence-electron chi connectivity index (χ3n) is 3.86. The van der Waals surface area contributed by atoms with Crippen molar-refractivity contribution < 1.29 is 4.52 Å². The van der Waals surface area contributed by atoms with Gasteiger partial charge in [0.1, 0.15) is 0 Å². The van der Waals surface area contributed by atoms with Crippen LogP contribution in [0.2, 0.25) is 0 Å². The van der Waals surface area contributed by atoms with Crippen LogP contribution in [0.1, 0.15) is 30.7 Å². The maximum absolute atomic E-state index is 5.34. The highest BCUT2D eigenvalue weighted by Crippen LogP contribution is 2.37. The molecule has 0 bridgehead atoms. The van der Waals surface area contributed by atoms with Crippen LogP contribution in [0.15, 0.2) is 16.7 Å². The lowest BCUT2D eigenvalue weighted by atomic mass is 9.75. The number of aromatic nitrogens is 1. The van der Waals surface area contributed by atoms with E-state index in [9.17, 15) is 0 Å². The van der Waals surface area contributed by atoms with Gasteiger partial charge in [0, 0.05) is 6.07 Å². The van der Waals surface area contributed by atoms with Gasteiger partial charge in [-0.3, -0.25) is 0 Å². The fourth-order valence-electron chi connectivity index (χ4n) is 2.90. The first-order valence-electron chi connectivity index (χ1n) is 6.16. The molecular formula is C13H18N2O. The third-order valence-corrected chi connectivity index (χ3v) is 3.86. The molecule has 1 aliphatic carbocycles. The van der Waals surface area contributed by atoms with Crippen LogP contribution in [-0.4, -0.2) is 18.2 Å². The Morgan fingerprint density at radius 3 is 3.19 bits per heavy atom. The predicted molar refractivity (Wildman–Crippen MR) is 62.9 cm³/mol. The van der Waals surface area contributed by atoms with Gasteiger partial charge in [0.25, 0.3) is 0 Å². The number of rotatable bonds is 1. The molecule has 1 aromatic heterocycles. The fraction of sp³-hybridized carbons (Fsp3) is 0.615. The largest absolute Gasteiger partial charge is 0.356 e. The summed E-state index contributed by atoms with van der Waals surface area (Å²) in [6, 6.07) is 2.04. The summed E-state index contributed by atoms with van der Waals surface area (Å²) in [4.78, 5) is 0. The van der Waals surface area contributed by atoms with Crippen LogP contribution in [0.5, 0.6) is 0 Å². The maximum atomic E-state index is 5.34. The number of hydrogen-bond donors (Lipinski definition) is 1. The molecule has 86 valence electrons. The Morgan fingerprint density at radius 1 is 1.44 bits per heavy atom. The molecule has 1 N–H and O–H groups in total. The minimum atomic E-state index is 0.791. The van der Waals surface area contributed by atoms with E-state index in [4.69, 9.17) is 4.52 Å². The molecule has 1 saturated heterocycles. The second-order valence-corrected chi connectivity index (χ2v) is 5.01. The van der Waals surface area contributed by atoms with Gasteiger partial charge in [0.05, 0.1) is 5.69 Å². The van der Waals surface area contributed by atoms with Crippen molar-refractivity contribution in [2.24, 2.45) is 11.8 Å². The maximum Gasteiger partial charge on any atom is 0.162 e. The van der Waals surface area contributed by atoms with E-state index in [2.05, 4.69) is 16.5 Å². The van der Waals surface area contributed by atoms with Crippen molar-refractivity contribution >= 4 is 5.57 Å². The molecule has 16 heavy (non-hydrogen) atoms. The average Bonchev–Trinajstić information content (AvgIpc) is 2.75. The lowest BCUT2D eigenvalue weighted by Gasteiger charge is -2.35. The van der Waals surface area contributed by atoms with E-state index in [0.29, 0.717) is 0 Å². The summed E-state index contributed by atoms with van der Waals surface area (Å²) in [5.41, 5.74) is 2.32. The minimum absolute atomic E-state index is 0.791. The van der Waals surface area contributed by atoms with Gasteiger partial charge < -0.3 is 9.84 Å². The Bertz CT molecular complexity index is 408. The van der Waals surface area contributed by atoms with E-state index in [-0.39, 0.29) is 0 Å². The summed E-state index contributed by atoms with van der Waals surface area (Å²) in [7, 11) is 0. The second kappa shape index (κ2) is 4.06. The third kappa shape index (κ3) is 1.80. The molecule has 0 unspecified atom stereocenters. The molecule has 3 heteroatoms. The van der Waals surface area contributed by atoms with Gasteiger partial charge in [-0.2, -0.15) is 0 Å². The molecule has 0 spiro atoms. The summed E-state index contributed by atoms with van der Waals surface area (Å²) >= 11 is 0. The molecule has 2 atom stereocenters. The lowest BCUT2D eigenvalue weighted by Crippen LogP contribution is -2.37. The molecule has 2 aliphatic rings. The van der Waals surface area contributed by atoms with Crippen molar-refractivity contribution in [2.45, 2.75) is 26.2 Å². The van der Waals surface area contributed by atoms with Crippen molar-refractivity contribution in [1.82, 2.24) is 10.5 Å². The molecule has 0 saturated carbocycles. The topological polar surface area (TPSA) is 38.1 Å². The SMILES string of the molecule is Cc1cc(C2=CC[C@H]3CCNC[C@H]3C2)on1. The Kier molecular flexibility index (Phi) is 2.56. The van der Waals surface area contributed by atoms with Crippen LogP contribution in [0.4, 0.5) is 0 Å². The molecular weight excluding hydrogens is 200 g/mol. The van der Waals surface area contributed by atoms with Crippen molar-refractivity contribution in [3.05, 3.63) is 23.6 Å². The lowest BCUT2D eigenvalue weighted by molar-refractivity contribution is 0.250. The Morgan fingerprint density at radius 2 is 2.38 bits per heavy atom. The van der Waals surface area contributed by atoms with Crippen LogP contribution < -0.4 is 5.32 Å². The van der Waals surface area contributed by atoms with Crippen LogP contribution in [0.3, 0.4) is 0 Å². The molecule has 1 aliphatic heterocycles. The van der Waals surface area contributed by atoms with Crippen LogP contribution >= 0.6 is 0 Å². The van der Waals surface area contributed by atoms with Crippen LogP contribution in [0.25, 0.3) is 5.57 Å². The number of piperidine rings is 1. The number of hydrogen-bond acceptors (Lipinski definition) is 3. The smallest absolute Gasteiger partial charge is 0.162 e.